The van der Waals surface area contributed by atoms with Crippen LogP contribution in [-0.2, 0) is 6.42 Å². The highest BCUT2D eigenvalue weighted by atomic mass is 15.0. The number of nitrogens with one attached hydrogen (secondary N) is 1. The lowest BCUT2D eigenvalue weighted by atomic mass is 9.92. The van der Waals surface area contributed by atoms with E-state index in [0.29, 0.717) is 11.8 Å². The summed E-state index contributed by atoms with van der Waals surface area (Å²) in [5, 5.41) is 0. The molecule has 0 radical (unpaired) electrons. The van der Waals surface area contributed by atoms with Crippen molar-refractivity contribution in [3.8, 4) is 0 Å². The fraction of sp³-hybridized carbons (Fsp3) is 0.786. The van der Waals surface area contributed by atoms with Gasteiger partial charge in [-0.2, -0.15) is 0 Å². The molecular formula is C14H22N2. The molecule has 3 atom stereocenters. The van der Waals surface area contributed by atoms with Gasteiger partial charge in [-0.1, -0.05) is 20.3 Å². The zero-order valence-electron chi connectivity index (χ0n) is 10.4. The SMILES string of the molecule is CC1CCCc2[nH]c(C3CCCC3C)nc21. The smallest absolute Gasteiger partial charge is 0.109 e. The van der Waals surface area contributed by atoms with Crippen LogP contribution in [0.5, 0.6) is 0 Å². The van der Waals surface area contributed by atoms with Crippen molar-refractivity contribution in [3.05, 3.63) is 17.2 Å². The van der Waals surface area contributed by atoms with Crippen LogP contribution in [0.15, 0.2) is 0 Å². The molecule has 0 aromatic carbocycles. The summed E-state index contributed by atoms with van der Waals surface area (Å²) in [5.41, 5.74) is 2.81. The number of nitrogens with zero attached hydrogens (tertiary/aromatic N) is 1. The summed E-state index contributed by atoms with van der Waals surface area (Å²) in [5.74, 6) is 3.50. The zero-order chi connectivity index (χ0) is 11.1. The van der Waals surface area contributed by atoms with E-state index in [0.717, 1.165) is 5.92 Å². The van der Waals surface area contributed by atoms with Crippen molar-refractivity contribution in [2.45, 2.75) is 64.2 Å². The van der Waals surface area contributed by atoms with E-state index in [2.05, 4.69) is 18.8 Å². The topological polar surface area (TPSA) is 28.7 Å². The van der Waals surface area contributed by atoms with E-state index in [4.69, 9.17) is 4.98 Å². The second-order valence-corrected chi connectivity index (χ2v) is 5.79. The second kappa shape index (κ2) is 3.90. The molecule has 1 aromatic heterocycles. The van der Waals surface area contributed by atoms with Gasteiger partial charge < -0.3 is 4.98 Å². The molecule has 0 saturated heterocycles. The van der Waals surface area contributed by atoms with Crippen LogP contribution in [0.1, 0.15) is 75.0 Å². The van der Waals surface area contributed by atoms with Crippen LogP contribution in [0.2, 0.25) is 0 Å². The predicted molar refractivity (Wildman–Crippen MR) is 65.7 cm³/mol. The Morgan fingerprint density at radius 2 is 2.00 bits per heavy atom. The fourth-order valence-electron chi connectivity index (χ4n) is 3.49. The van der Waals surface area contributed by atoms with Crippen molar-refractivity contribution in [1.82, 2.24) is 9.97 Å². The predicted octanol–water partition coefficient (Wildman–Crippen LogP) is 3.75. The molecule has 0 spiro atoms. The Balaban J connectivity index is 1.91. The molecule has 3 rings (SSSR count). The molecule has 2 heteroatoms. The van der Waals surface area contributed by atoms with E-state index in [1.807, 2.05) is 0 Å². The molecule has 16 heavy (non-hydrogen) atoms. The van der Waals surface area contributed by atoms with Crippen molar-refractivity contribution in [3.63, 3.8) is 0 Å². The van der Waals surface area contributed by atoms with Crippen LogP contribution < -0.4 is 0 Å². The van der Waals surface area contributed by atoms with Crippen molar-refractivity contribution in [2.24, 2.45) is 5.92 Å². The number of aromatic amines is 1. The normalized spacial score (nSPS) is 34.0. The third kappa shape index (κ3) is 1.59. The fourth-order valence-corrected chi connectivity index (χ4v) is 3.49. The van der Waals surface area contributed by atoms with Gasteiger partial charge >= 0.3 is 0 Å². The Morgan fingerprint density at radius 3 is 2.69 bits per heavy atom. The van der Waals surface area contributed by atoms with E-state index < -0.39 is 0 Å². The first-order valence-corrected chi connectivity index (χ1v) is 6.84. The Kier molecular flexibility index (Phi) is 2.53. The van der Waals surface area contributed by atoms with Crippen LogP contribution in [0.4, 0.5) is 0 Å². The van der Waals surface area contributed by atoms with E-state index in [1.54, 1.807) is 0 Å². The van der Waals surface area contributed by atoms with Gasteiger partial charge in [0.1, 0.15) is 5.82 Å². The maximum atomic E-state index is 4.91. The number of rotatable bonds is 1. The molecule has 1 heterocycles. The van der Waals surface area contributed by atoms with Crippen LogP contribution in [0.3, 0.4) is 0 Å². The highest BCUT2D eigenvalue weighted by molar-refractivity contribution is 5.23. The third-order valence-electron chi connectivity index (χ3n) is 4.57. The standard InChI is InChI=1S/C14H22N2/c1-9-5-3-7-11(9)14-15-12-8-4-6-10(2)13(12)16-14/h9-11H,3-8H2,1-2H3,(H,15,16). The molecule has 1 N–H and O–H groups in total. The van der Waals surface area contributed by atoms with Crippen molar-refractivity contribution in [1.29, 1.82) is 0 Å². The van der Waals surface area contributed by atoms with Gasteiger partial charge in [0.25, 0.3) is 0 Å². The summed E-state index contributed by atoms with van der Waals surface area (Å²) < 4.78 is 0. The lowest BCUT2D eigenvalue weighted by Crippen LogP contribution is -2.06. The summed E-state index contributed by atoms with van der Waals surface area (Å²) in [4.78, 5) is 8.53. The van der Waals surface area contributed by atoms with Crippen LogP contribution in [-0.4, -0.2) is 9.97 Å². The third-order valence-corrected chi connectivity index (χ3v) is 4.57. The highest BCUT2D eigenvalue weighted by Crippen LogP contribution is 2.39. The minimum atomic E-state index is 0.672. The molecule has 88 valence electrons. The summed E-state index contributed by atoms with van der Waals surface area (Å²) in [6.45, 7) is 4.70. The van der Waals surface area contributed by atoms with Crippen molar-refractivity contribution >= 4 is 0 Å². The molecule has 1 saturated carbocycles. The molecule has 3 unspecified atom stereocenters. The molecule has 1 fully saturated rings. The molecule has 1 aromatic rings. The van der Waals surface area contributed by atoms with Crippen LogP contribution >= 0.6 is 0 Å². The van der Waals surface area contributed by atoms with E-state index >= 15 is 0 Å². The largest absolute Gasteiger partial charge is 0.345 e. The lowest BCUT2D eigenvalue weighted by Gasteiger charge is -2.15. The number of fused-ring (bicyclic) bond motifs is 1. The summed E-state index contributed by atoms with van der Waals surface area (Å²) in [6, 6.07) is 0. The van der Waals surface area contributed by atoms with Gasteiger partial charge in [0.15, 0.2) is 0 Å². The van der Waals surface area contributed by atoms with E-state index in [9.17, 15) is 0 Å². The van der Waals surface area contributed by atoms with Crippen molar-refractivity contribution in [2.75, 3.05) is 0 Å². The maximum absolute atomic E-state index is 4.91. The van der Waals surface area contributed by atoms with E-state index in [-0.39, 0.29) is 0 Å². The quantitative estimate of drug-likeness (QED) is 0.764. The maximum Gasteiger partial charge on any atom is 0.109 e. The number of aromatic nitrogens is 2. The number of H-pyrrole nitrogens is 1. The first-order chi connectivity index (χ1) is 7.75. The molecule has 0 bridgehead atoms. The average molecular weight is 218 g/mol. The monoisotopic (exact) mass is 218 g/mol. The molecule has 0 aliphatic heterocycles. The number of imidazole rings is 1. The van der Waals surface area contributed by atoms with Gasteiger partial charge in [-0.05, 0) is 38.0 Å². The lowest BCUT2D eigenvalue weighted by molar-refractivity contribution is 0.512. The van der Waals surface area contributed by atoms with Crippen molar-refractivity contribution < 1.29 is 0 Å². The first kappa shape index (κ1) is 10.4. The molecule has 2 aliphatic carbocycles. The van der Waals surface area contributed by atoms with Gasteiger partial charge in [0, 0.05) is 17.5 Å². The average Bonchev–Trinajstić information content (AvgIpc) is 2.84. The minimum absolute atomic E-state index is 0.672. The molecule has 2 aliphatic rings. The summed E-state index contributed by atoms with van der Waals surface area (Å²) >= 11 is 0. The Hall–Kier alpha value is -0.790. The Labute approximate surface area is 97.9 Å². The van der Waals surface area contributed by atoms with E-state index in [1.165, 1.54) is 55.7 Å². The van der Waals surface area contributed by atoms with Gasteiger partial charge in [-0.3, -0.25) is 0 Å². The van der Waals surface area contributed by atoms with Crippen LogP contribution in [0, 0.1) is 5.92 Å². The Morgan fingerprint density at radius 1 is 1.12 bits per heavy atom. The highest BCUT2D eigenvalue weighted by Gasteiger charge is 2.29. The number of hydrogen-bond acceptors (Lipinski definition) is 1. The van der Waals surface area contributed by atoms with Gasteiger partial charge in [0.2, 0.25) is 0 Å². The summed E-state index contributed by atoms with van der Waals surface area (Å²) in [7, 11) is 0. The Bertz CT molecular complexity index is 380. The van der Waals surface area contributed by atoms with Crippen LogP contribution in [0.25, 0.3) is 0 Å². The van der Waals surface area contributed by atoms with Gasteiger partial charge in [0.05, 0.1) is 5.69 Å². The molecule has 2 nitrogen and oxygen atoms in total. The zero-order valence-corrected chi connectivity index (χ0v) is 10.4. The second-order valence-electron chi connectivity index (χ2n) is 5.79. The van der Waals surface area contributed by atoms with Gasteiger partial charge in [-0.15, -0.1) is 0 Å². The first-order valence-electron chi connectivity index (χ1n) is 6.84. The van der Waals surface area contributed by atoms with Gasteiger partial charge in [-0.25, -0.2) is 4.98 Å². The minimum Gasteiger partial charge on any atom is -0.345 e. The molecular weight excluding hydrogens is 196 g/mol. The molecule has 0 amide bonds. The number of aryl methyl sites for hydroxylation is 1. The number of hydrogen-bond donors (Lipinski definition) is 1. The summed E-state index contributed by atoms with van der Waals surface area (Å²) in [6.07, 6.45) is 7.96.